The van der Waals surface area contributed by atoms with E-state index in [1.54, 1.807) is 31.3 Å². The molecule has 0 aromatic heterocycles. The first-order chi connectivity index (χ1) is 29.5. The van der Waals surface area contributed by atoms with Crippen molar-refractivity contribution in [2.24, 2.45) is 0 Å². The van der Waals surface area contributed by atoms with Crippen LogP contribution in [-0.2, 0) is 10.2 Å². The molecule has 1 aliphatic rings. The third kappa shape index (κ3) is 15.8. The smallest absolute Gasteiger partial charge is 0.255 e. The Morgan fingerprint density at radius 3 is 1.73 bits per heavy atom. The number of aromatic hydroxyl groups is 3. The Bertz CT molecular complexity index is 2000. The highest BCUT2D eigenvalue weighted by atomic mass is 16.5. The van der Waals surface area contributed by atoms with E-state index in [2.05, 4.69) is 29.8 Å². The van der Waals surface area contributed by atoms with Gasteiger partial charge in [0, 0.05) is 41.8 Å². The van der Waals surface area contributed by atoms with E-state index in [1.165, 1.54) is 64.2 Å². The SMILES string of the molecule is CCCCCCCCOc1cc(C)cc(OCCCCCCCC)c1O.CNc1cc(O)c(NC(=O)c2ccc(C)cc2)cc1C.Cc1cc(C)c2c(c1O)C(C)(C)CC(=O)N2. The van der Waals surface area contributed by atoms with Crippen LogP contribution in [-0.4, -0.2) is 47.4 Å². The molecular formula is C52H75N3O7. The molecule has 0 saturated heterocycles. The summed E-state index contributed by atoms with van der Waals surface area (Å²) in [5.41, 5.74) is 8.11. The van der Waals surface area contributed by atoms with E-state index in [-0.39, 0.29) is 28.7 Å². The minimum atomic E-state index is -0.307. The summed E-state index contributed by atoms with van der Waals surface area (Å²) in [5, 5.41) is 39.0. The second-order valence-corrected chi connectivity index (χ2v) is 17.3. The van der Waals surface area contributed by atoms with E-state index in [0.29, 0.717) is 48.1 Å². The van der Waals surface area contributed by atoms with Gasteiger partial charge in [-0.1, -0.05) is 116 Å². The summed E-state index contributed by atoms with van der Waals surface area (Å²) < 4.78 is 11.6. The number of unbranched alkanes of at least 4 members (excludes halogenated alkanes) is 10. The topological polar surface area (TPSA) is 149 Å². The lowest BCUT2D eigenvalue weighted by atomic mass is 9.76. The molecule has 0 unspecified atom stereocenters. The average Bonchev–Trinajstić information content (AvgIpc) is 3.22. The number of amides is 2. The van der Waals surface area contributed by atoms with Gasteiger partial charge in [0.25, 0.3) is 5.91 Å². The number of carbonyl (C=O) groups is 2. The summed E-state index contributed by atoms with van der Waals surface area (Å²) in [5.74, 6) is 1.38. The van der Waals surface area contributed by atoms with Gasteiger partial charge in [0.15, 0.2) is 11.5 Å². The highest BCUT2D eigenvalue weighted by molar-refractivity contribution is 6.05. The van der Waals surface area contributed by atoms with E-state index >= 15 is 0 Å². The number of aryl methyl sites for hydroxylation is 5. The molecule has 6 N–H and O–H groups in total. The van der Waals surface area contributed by atoms with E-state index in [0.717, 1.165) is 57.6 Å². The summed E-state index contributed by atoms with van der Waals surface area (Å²) in [6.07, 6.45) is 15.2. The fourth-order valence-corrected chi connectivity index (χ4v) is 7.50. The third-order valence-electron chi connectivity index (χ3n) is 11.1. The maximum atomic E-state index is 12.1. The number of phenolic OH excluding ortho intramolecular Hbond substituents is 3. The van der Waals surface area contributed by atoms with Crippen molar-refractivity contribution in [3.05, 3.63) is 93.5 Å². The molecule has 4 aromatic rings. The van der Waals surface area contributed by atoms with Crippen molar-refractivity contribution in [3.8, 4) is 28.7 Å². The summed E-state index contributed by atoms with van der Waals surface area (Å²) in [4.78, 5) is 23.7. The van der Waals surface area contributed by atoms with Crippen LogP contribution in [0.5, 0.6) is 28.7 Å². The standard InChI is InChI=1S/C23H40O3.C16H18N2O2.C13H17NO2/c1-4-6-8-10-12-14-16-25-21-18-20(3)19-22(23(21)24)26-17-15-13-11-9-7-5-2;1-10-4-6-12(7-5-10)16(20)18-14-8-11(2)13(17-3)9-15(14)19;1-7-5-8(2)12(16)10-11(7)14-9(15)6-13(10,3)4/h18-19,24H,4-17H2,1-3H3;4-9,17,19H,1-3H3,(H,18,20);5,16H,6H2,1-4H3,(H,14,15). The number of ether oxygens (including phenoxy) is 2. The molecule has 0 spiro atoms. The lowest BCUT2D eigenvalue weighted by molar-refractivity contribution is -0.117. The van der Waals surface area contributed by atoms with Gasteiger partial charge in [-0.2, -0.15) is 0 Å². The lowest BCUT2D eigenvalue weighted by Crippen LogP contribution is -2.33. The van der Waals surface area contributed by atoms with Gasteiger partial charge < -0.3 is 40.7 Å². The highest BCUT2D eigenvalue weighted by Crippen LogP contribution is 2.45. The largest absolute Gasteiger partial charge is 0.507 e. The average molecular weight is 854 g/mol. The van der Waals surface area contributed by atoms with Gasteiger partial charge in [0.05, 0.1) is 24.6 Å². The molecule has 62 heavy (non-hydrogen) atoms. The predicted octanol–water partition coefficient (Wildman–Crippen LogP) is 13.1. The normalized spacial score (nSPS) is 12.5. The molecule has 340 valence electrons. The van der Waals surface area contributed by atoms with Crippen LogP contribution in [0.1, 0.15) is 155 Å². The molecule has 4 aromatic carbocycles. The molecule has 0 fully saturated rings. The number of phenols is 3. The number of anilines is 3. The van der Waals surface area contributed by atoms with Crippen molar-refractivity contribution in [3.63, 3.8) is 0 Å². The Morgan fingerprint density at radius 1 is 0.661 bits per heavy atom. The number of benzene rings is 4. The fourth-order valence-electron chi connectivity index (χ4n) is 7.50. The Labute approximate surface area is 371 Å². The first-order valence-electron chi connectivity index (χ1n) is 22.6. The van der Waals surface area contributed by atoms with Gasteiger partial charge >= 0.3 is 0 Å². The van der Waals surface area contributed by atoms with E-state index in [1.807, 2.05) is 78.8 Å². The number of fused-ring (bicyclic) bond motifs is 1. The van der Waals surface area contributed by atoms with Gasteiger partial charge in [-0.3, -0.25) is 9.59 Å². The summed E-state index contributed by atoms with van der Waals surface area (Å²) in [6.45, 7) is 19.5. The zero-order valence-electron chi connectivity index (χ0n) is 39.3. The molecule has 0 saturated carbocycles. The second kappa shape index (κ2) is 25.5. The van der Waals surface area contributed by atoms with Crippen LogP contribution in [0.25, 0.3) is 0 Å². The third-order valence-corrected chi connectivity index (χ3v) is 11.1. The monoisotopic (exact) mass is 854 g/mol. The molecule has 2 amide bonds. The van der Waals surface area contributed by atoms with Crippen LogP contribution in [0.3, 0.4) is 0 Å². The molecular weight excluding hydrogens is 779 g/mol. The summed E-state index contributed by atoms with van der Waals surface area (Å²) in [6, 6.07) is 16.3. The molecule has 0 aliphatic carbocycles. The molecule has 10 nitrogen and oxygen atoms in total. The Hall–Kier alpha value is -5.38. The second-order valence-electron chi connectivity index (χ2n) is 17.3. The van der Waals surface area contributed by atoms with Gasteiger partial charge in [0.2, 0.25) is 11.7 Å². The van der Waals surface area contributed by atoms with Crippen LogP contribution in [0.2, 0.25) is 0 Å². The maximum Gasteiger partial charge on any atom is 0.255 e. The minimum absolute atomic E-state index is 0.0175. The van der Waals surface area contributed by atoms with Crippen molar-refractivity contribution in [1.82, 2.24) is 0 Å². The molecule has 10 heteroatoms. The Balaban J connectivity index is 0.000000255. The van der Waals surface area contributed by atoms with E-state index in [4.69, 9.17) is 9.47 Å². The fraction of sp³-hybridized carbons (Fsp3) is 0.500. The van der Waals surface area contributed by atoms with E-state index in [9.17, 15) is 24.9 Å². The molecule has 1 heterocycles. The number of nitrogens with one attached hydrogen (secondary N) is 3. The highest BCUT2D eigenvalue weighted by Gasteiger charge is 2.36. The van der Waals surface area contributed by atoms with Crippen molar-refractivity contribution < 1.29 is 34.4 Å². The molecule has 0 atom stereocenters. The van der Waals surface area contributed by atoms with Crippen molar-refractivity contribution in [1.29, 1.82) is 0 Å². The number of hydrogen-bond acceptors (Lipinski definition) is 8. The molecule has 1 aliphatic heterocycles. The Morgan fingerprint density at radius 2 is 1.19 bits per heavy atom. The van der Waals surface area contributed by atoms with Crippen molar-refractivity contribution in [2.45, 2.75) is 151 Å². The van der Waals surface area contributed by atoms with Gasteiger partial charge in [-0.05, 0) is 100 Å². The summed E-state index contributed by atoms with van der Waals surface area (Å²) in [7, 11) is 1.78. The number of carbonyl (C=O) groups excluding carboxylic acids is 2. The quantitative estimate of drug-likeness (QED) is 0.0403. The molecule has 0 bridgehead atoms. The first-order valence-corrected chi connectivity index (χ1v) is 22.6. The van der Waals surface area contributed by atoms with Gasteiger partial charge in [-0.25, -0.2) is 0 Å². The van der Waals surface area contributed by atoms with Gasteiger partial charge in [0.1, 0.15) is 11.5 Å². The number of hydrogen-bond donors (Lipinski definition) is 6. The first kappa shape index (κ1) is 51.0. The van der Waals surface area contributed by atoms with Crippen LogP contribution < -0.4 is 25.4 Å². The van der Waals surface area contributed by atoms with Crippen LogP contribution in [0.4, 0.5) is 17.1 Å². The number of rotatable bonds is 19. The Kier molecular flexibility index (Phi) is 21.0. The zero-order valence-corrected chi connectivity index (χ0v) is 39.3. The minimum Gasteiger partial charge on any atom is -0.507 e. The van der Waals surface area contributed by atoms with Crippen LogP contribution in [0.15, 0.2) is 54.6 Å². The maximum absolute atomic E-state index is 12.1. The lowest BCUT2D eigenvalue weighted by Gasteiger charge is -2.34. The van der Waals surface area contributed by atoms with E-state index < -0.39 is 0 Å². The predicted molar refractivity (Wildman–Crippen MR) is 256 cm³/mol. The van der Waals surface area contributed by atoms with Gasteiger partial charge in [-0.15, -0.1) is 0 Å². The van der Waals surface area contributed by atoms with Crippen LogP contribution in [0, 0.1) is 34.6 Å². The zero-order chi connectivity index (χ0) is 45.8. The molecule has 5 rings (SSSR count). The molecule has 0 radical (unpaired) electrons. The van der Waals surface area contributed by atoms with Crippen molar-refractivity contribution >= 4 is 28.9 Å². The summed E-state index contributed by atoms with van der Waals surface area (Å²) >= 11 is 0. The van der Waals surface area contributed by atoms with Crippen molar-refractivity contribution in [2.75, 3.05) is 36.2 Å². The van der Waals surface area contributed by atoms with Crippen LogP contribution >= 0.6 is 0 Å².